The Labute approximate surface area is 154 Å². The van der Waals surface area contributed by atoms with Gasteiger partial charge in [-0.05, 0) is 26.8 Å². The highest BCUT2D eigenvalue weighted by Gasteiger charge is 2.26. The molecule has 0 amide bonds. The van der Waals surface area contributed by atoms with Crippen LogP contribution in [-0.4, -0.2) is 44.6 Å². The summed E-state index contributed by atoms with van der Waals surface area (Å²) in [6, 6.07) is 2.67. The molecule has 1 aromatic carbocycles. The molecule has 11 nitrogen and oxygen atoms in total. The maximum absolute atomic E-state index is 11.5. The predicted octanol–water partition coefficient (Wildman–Crippen LogP) is 1.81. The number of carboxylic acids is 1. The van der Waals surface area contributed by atoms with Crippen molar-refractivity contribution in [2.45, 2.75) is 26.9 Å². The van der Waals surface area contributed by atoms with Crippen molar-refractivity contribution in [2.24, 2.45) is 5.10 Å². The number of rotatable bonds is 8. The molecule has 1 aromatic heterocycles. The number of aliphatic carboxylic acids is 1. The Hall–Kier alpha value is -3.63. The number of nitrogens with two attached hydrogens (primary N) is 1. The van der Waals surface area contributed by atoms with Crippen molar-refractivity contribution in [3.63, 3.8) is 0 Å². The summed E-state index contributed by atoms with van der Waals surface area (Å²) in [4.78, 5) is 25.8. The molecule has 0 aliphatic carbocycles. The lowest BCUT2D eigenvalue weighted by molar-refractivity contribution is -0.386. The molecule has 2 aromatic rings. The van der Waals surface area contributed by atoms with Crippen molar-refractivity contribution in [3.8, 4) is 11.5 Å². The number of imidazole rings is 1. The van der Waals surface area contributed by atoms with Crippen LogP contribution >= 0.6 is 0 Å². The number of ether oxygens (including phenoxy) is 2. The summed E-state index contributed by atoms with van der Waals surface area (Å²) in [7, 11) is 0. The van der Waals surface area contributed by atoms with Gasteiger partial charge in [0.15, 0.2) is 11.9 Å². The van der Waals surface area contributed by atoms with E-state index in [1.54, 1.807) is 20.0 Å². The van der Waals surface area contributed by atoms with Gasteiger partial charge in [-0.25, -0.2) is 14.5 Å². The van der Waals surface area contributed by atoms with Gasteiger partial charge in [0.2, 0.25) is 11.7 Å². The minimum atomic E-state index is -1.30. The standard InChI is InChI=1S/C16H19N5O6/c1-4-26-13-6-11(7-18-20-8-9(2)19-16(20)17)5-12(21(24)25)14(13)27-10(3)15(22)23/h5-8,10H,4H2,1-3H3,(H2,17,19)(H,22,23). The van der Waals surface area contributed by atoms with E-state index in [2.05, 4.69) is 10.1 Å². The number of nitrogens with zero attached hydrogens (tertiary/aromatic N) is 4. The molecule has 0 fully saturated rings. The summed E-state index contributed by atoms with van der Waals surface area (Å²) in [5.41, 5.74) is 6.26. The van der Waals surface area contributed by atoms with Crippen LogP contribution in [0.1, 0.15) is 25.1 Å². The lowest BCUT2D eigenvalue weighted by Crippen LogP contribution is -2.23. The van der Waals surface area contributed by atoms with Crippen LogP contribution in [0.5, 0.6) is 11.5 Å². The van der Waals surface area contributed by atoms with Crippen molar-refractivity contribution in [3.05, 3.63) is 39.7 Å². The van der Waals surface area contributed by atoms with Gasteiger partial charge >= 0.3 is 11.7 Å². The molecule has 3 N–H and O–H groups in total. The molecule has 1 atom stereocenters. The number of nitro groups is 1. The molecule has 27 heavy (non-hydrogen) atoms. The first-order valence-corrected chi connectivity index (χ1v) is 7.93. The molecule has 0 aliphatic rings. The van der Waals surface area contributed by atoms with E-state index in [9.17, 15) is 14.9 Å². The summed E-state index contributed by atoms with van der Waals surface area (Å²) in [6.45, 7) is 4.90. The van der Waals surface area contributed by atoms with Crippen molar-refractivity contribution in [1.82, 2.24) is 9.66 Å². The molecule has 0 radical (unpaired) electrons. The second-order valence-corrected chi connectivity index (χ2v) is 5.49. The van der Waals surface area contributed by atoms with Gasteiger partial charge in [0.25, 0.3) is 0 Å². The molecule has 1 unspecified atom stereocenters. The van der Waals surface area contributed by atoms with Gasteiger partial charge in [-0.3, -0.25) is 10.1 Å². The van der Waals surface area contributed by atoms with Crippen LogP contribution in [0.3, 0.4) is 0 Å². The molecule has 2 rings (SSSR count). The van der Waals surface area contributed by atoms with Crippen LogP contribution in [0.2, 0.25) is 0 Å². The minimum absolute atomic E-state index is 0.0380. The number of nitrogen functional groups attached to an aromatic ring is 1. The minimum Gasteiger partial charge on any atom is -0.490 e. The third-order valence-electron chi connectivity index (χ3n) is 3.36. The van der Waals surface area contributed by atoms with Crippen LogP contribution in [0.15, 0.2) is 23.4 Å². The molecule has 0 saturated heterocycles. The number of anilines is 1. The Morgan fingerprint density at radius 3 is 2.78 bits per heavy atom. The number of carbonyl (C=O) groups is 1. The molecule has 11 heteroatoms. The van der Waals surface area contributed by atoms with E-state index in [0.29, 0.717) is 11.3 Å². The second kappa shape index (κ2) is 8.17. The predicted molar refractivity (Wildman–Crippen MR) is 96.4 cm³/mol. The zero-order valence-electron chi connectivity index (χ0n) is 14.9. The maximum atomic E-state index is 11.5. The van der Waals surface area contributed by atoms with Gasteiger partial charge in [0.05, 0.1) is 29.6 Å². The number of carboxylic acid groups (broad SMARTS) is 1. The van der Waals surface area contributed by atoms with E-state index in [-0.39, 0.29) is 24.1 Å². The third kappa shape index (κ3) is 4.71. The highest BCUT2D eigenvalue weighted by Crippen LogP contribution is 2.39. The first-order valence-electron chi connectivity index (χ1n) is 7.93. The Balaban J connectivity index is 2.49. The van der Waals surface area contributed by atoms with Crippen LogP contribution in [-0.2, 0) is 4.79 Å². The van der Waals surface area contributed by atoms with Crippen molar-refractivity contribution in [2.75, 3.05) is 12.3 Å². The van der Waals surface area contributed by atoms with E-state index in [4.69, 9.17) is 20.3 Å². The number of nitro benzene ring substituents is 1. The van der Waals surface area contributed by atoms with E-state index in [0.717, 1.165) is 0 Å². The lowest BCUT2D eigenvalue weighted by atomic mass is 10.1. The molecule has 0 bridgehead atoms. The summed E-state index contributed by atoms with van der Waals surface area (Å²) in [5.74, 6) is -1.32. The Kier molecular flexibility index (Phi) is 5.96. The normalized spacial score (nSPS) is 12.1. The summed E-state index contributed by atoms with van der Waals surface area (Å²) in [6.07, 6.45) is 1.64. The monoisotopic (exact) mass is 377 g/mol. The first kappa shape index (κ1) is 19.7. The number of aryl methyl sites for hydroxylation is 1. The first-order chi connectivity index (χ1) is 12.7. The quantitative estimate of drug-likeness (QED) is 0.401. The smallest absolute Gasteiger partial charge is 0.344 e. The Morgan fingerprint density at radius 1 is 1.56 bits per heavy atom. The number of hydrogen-bond donors (Lipinski definition) is 2. The fraction of sp³-hybridized carbons (Fsp3) is 0.312. The van der Waals surface area contributed by atoms with Gasteiger partial charge < -0.3 is 20.3 Å². The van der Waals surface area contributed by atoms with Crippen molar-refractivity contribution >= 4 is 23.8 Å². The summed E-state index contributed by atoms with van der Waals surface area (Å²) >= 11 is 0. The molecule has 0 aliphatic heterocycles. The molecule has 144 valence electrons. The van der Waals surface area contributed by atoms with Gasteiger partial charge in [-0.2, -0.15) is 5.10 Å². The summed E-state index contributed by atoms with van der Waals surface area (Å²) < 4.78 is 12.0. The molecular formula is C16H19N5O6. The SMILES string of the molecule is CCOc1cc(C=Nn2cc(C)nc2N)cc([N+](=O)[O-])c1OC(C)C(=O)O. The van der Waals surface area contributed by atoms with Crippen LogP contribution in [0.4, 0.5) is 11.6 Å². The third-order valence-corrected chi connectivity index (χ3v) is 3.36. The molecule has 0 saturated carbocycles. The van der Waals surface area contributed by atoms with Gasteiger partial charge in [0, 0.05) is 11.6 Å². The number of aromatic nitrogens is 2. The molecule has 1 heterocycles. The van der Waals surface area contributed by atoms with Gasteiger partial charge in [-0.15, -0.1) is 0 Å². The van der Waals surface area contributed by atoms with Crippen LogP contribution in [0.25, 0.3) is 0 Å². The van der Waals surface area contributed by atoms with E-state index < -0.39 is 22.7 Å². The molecular weight excluding hydrogens is 358 g/mol. The number of hydrogen-bond acceptors (Lipinski definition) is 8. The average Bonchev–Trinajstić information content (AvgIpc) is 2.91. The largest absolute Gasteiger partial charge is 0.490 e. The fourth-order valence-corrected chi connectivity index (χ4v) is 2.15. The van der Waals surface area contributed by atoms with Crippen LogP contribution in [0, 0.1) is 17.0 Å². The van der Waals surface area contributed by atoms with E-state index in [1.807, 2.05) is 0 Å². The summed E-state index contributed by atoms with van der Waals surface area (Å²) in [5, 5.41) is 24.6. The molecule has 0 spiro atoms. The Morgan fingerprint density at radius 2 is 2.26 bits per heavy atom. The van der Waals surface area contributed by atoms with Gasteiger partial charge in [0.1, 0.15) is 0 Å². The topological polar surface area (TPSA) is 155 Å². The van der Waals surface area contributed by atoms with Crippen molar-refractivity contribution in [1.29, 1.82) is 0 Å². The lowest BCUT2D eigenvalue weighted by Gasteiger charge is -2.15. The van der Waals surface area contributed by atoms with Crippen LogP contribution < -0.4 is 15.2 Å². The highest BCUT2D eigenvalue weighted by atomic mass is 16.6. The van der Waals surface area contributed by atoms with Gasteiger partial charge in [-0.1, -0.05) is 0 Å². The zero-order chi connectivity index (χ0) is 20.1. The second-order valence-electron chi connectivity index (χ2n) is 5.49. The zero-order valence-corrected chi connectivity index (χ0v) is 14.9. The Bertz CT molecular complexity index is 892. The highest BCUT2D eigenvalue weighted by molar-refractivity contribution is 5.83. The van der Waals surface area contributed by atoms with Crippen molar-refractivity contribution < 1.29 is 24.3 Å². The average molecular weight is 377 g/mol. The number of benzene rings is 1. The maximum Gasteiger partial charge on any atom is 0.344 e. The van der Waals surface area contributed by atoms with E-state index >= 15 is 0 Å². The van der Waals surface area contributed by atoms with E-state index in [1.165, 1.54) is 29.9 Å². The fourth-order valence-electron chi connectivity index (χ4n) is 2.15.